The number of aromatic amines is 1. The minimum Gasteiger partial charge on any atom is -0.330 e. The number of unbranched alkanes of at least 4 members (excludes halogenated alkanes) is 1. The zero-order valence-corrected chi connectivity index (χ0v) is 9.11. The van der Waals surface area contributed by atoms with Crippen LogP contribution in [0.1, 0.15) is 29.6 Å². The smallest absolute Gasteiger partial charge is 0.258 e. The second-order valence-electron chi connectivity index (χ2n) is 3.67. The molecule has 0 amide bonds. The molecule has 0 saturated carbocycles. The molecule has 1 atom stereocenters. The number of H-pyrrole nitrogens is 1. The van der Waals surface area contributed by atoms with Crippen molar-refractivity contribution in [2.45, 2.75) is 25.3 Å². The van der Waals surface area contributed by atoms with Crippen LogP contribution in [0, 0.1) is 0 Å². The molecule has 88 valence electrons. The molecule has 0 aliphatic rings. The highest BCUT2D eigenvalue weighted by molar-refractivity contribution is 5.99. The van der Waals surface area contributed by atoms with Crippen LogP contribution >= 0.6 is 0 Å². The van der Waals surface area contributed by atoms with Gasteiger partial charge in [-0.15, -0.1) is 0 Å². The third-order valence-corrected chi connectivity index (χ3v) is 2.39. The molecule has 0 bridgehead atoms. The summed E-state index contributed by atoms with van der Waals surface area (Å²) in [5.74, 6) is -0.307. The van der Waals surface area contributed by atoms with E-state index in [2.05, 4.69) is 4.98 Å². The maximum atomic E-state index is 11.8. The van der Waals surface area contributed by atoms with Crippen LogP contribution in [0.25, 0.3) is 0 Å². The molecule has 0 aliphatic heterocycles. The molecule has 0 aliphatic carbocycles. The fourth-order valence-corrected chi connectivity index (χ4v) is 1.46. The lowest BCUT2D eigenvalue weighted by molar-refractivity contribution is 0.0954. The van der Waals surface area contributed by atoms with Crippen molar-refractivity contribution >= 4 is 5.78 Å². The summed E-state index contributed by atoms with van der Waals surface area (Å²) < 4.78 is 0. The fraction of sp³-hybridized carbons (Fsp3) is 0.455. The molecule has 0 spiro atoms. The van der Waals surface area contributed by atoms with Crippen molar-refractivity contribution in [3.63, 3.8) is 0 Å². The standard InChI is InChI=1S/C11H17N3O2/c12-6-2-1-5-9(13)10(15)8-4-3-7-14-11(8)16/h3-4,7,9H,1-2,5-6,12-13H2,(H,14,16). The third-order valence-electron chi connectivity index (χ3n) is 2.39. The van der Waals surface area contributed by atoms with E-state index in [1.54, 1.807) is 6.07 Å². The summed E-state index contributed by atoms with van der Waals surface area (Å²) in [6, 6.07) is 2.49. The number of nitrogens with one attached hydrogen (secondary N) is 1. The van der Waals surface area contributed by atoms with Crippen molar-refractivity contribution in [1.29, 1.82) is 0 Å². The summed E-state index contributed by atoms with van der Waals surface area (Å²) in [6.07, 6.45) is 3.68. The van der Waals surface area contributed by atoms with E-state index >= 15 is 0 Å². The van der Waals surface area contributed by atoms with E-state index < -0.39 is 6.04 Å². The van der Waals surface area contributed by atoms with Crippen LogP contribution < -0.4 is 17.0 Å². The highest BCUT2D eigenvalue weighted by Gasteiger charge is 2.17. The van der Waals surface area contributed by atoms with E-state index in [9.17, 15) is 9.59 Å². The van der Waals surface area contributed by atoms with E-state index in [-0.39, 0.29) is 16.9 Å². The Morgan fingerprint density at radius 3 is 2.81 bits per heavy atom. The van der Waals surface area contributed by atoms with E-state index in [0.717, 1.165) is 12.8 Å². The van der Waals surface area contributed by atoms with Crippen molar-refractivity contribution in [2.75, 3.05) is 6.54 Å². The molecule has 1 unspecified atom stereocenters. The summed E-state index contributed by atoms with van der Waals surface area (Å²) >= 11 is 0. The summed E-state index contributed by atoms with van der Waals surface area (Å²) in [4.78, 5) is 25.6. The molecule has 0 radical (unpaired) electrons. The summed E-state index contributed by atoms with van der Waals surface area (Å²) in [7, 11) is 0. The first-order chi connectivity index (χ1) is 7.66. The second kappa shape index (κ2) is 6.19. The largest absolute Gasteiger partial charge is 0.330 e. The number of Topliss-reactive ketones (excluding diaryl/α,β-unsaturated/α-hetero) is 1. The lowest BCUT2D eigenvalue weighted by Crippen LogP contribution is -2.34. The molecule has 1 aromatic rings. The quantitative estimate of drug-likeness (QED) is 0.467. The molecule has 1 aromatic heterocycles. The van der Waals surface area contributed by atoms with Gasteiger partial charge in [0.15, 0.2) is 5.78 Å². The van der Waals surface area contributed by atoms with Crippen LogP contribution in [0.3, 0.4) is 0 Å². The molecule has 5 heteroatoms. The number of pyridine rings is 1. The molecular formula is C11H17N3O2. The predicted octanol–water partition coefficient (Wildman–Crippen LogP) is 0.0139. The number of carbonyl (C=O) groups excluding carboxylic acids is 1. The molecule has 5 nitrogen and oxygen atoms in total. The van der Waals surface area contributed by atoms with Gasteiger partial charge in [-0.2, -0.15) is 0 Å². The number of ketones is 1. The van der Waals surface area contributed by atoms with Crippen LogP contribution in [-0.4, -0.2) is 23.4 Å². The molecule has 16 heavy (non-hydrogen) atoms. The first kappa shape index (κ1) is 12.6. The Hall–Kier alpha value is -1.46. The summed E-state index contributed by atoms with van der Waals surface area (Å²) in [5, 5.41) is 0. The topological polar surface area (TPSA) is 102 Å². The molecule has 5 N–H and O–H groups in total. The monoisotopic (exact) mass is 223 g/mol. The van der Waals surface area contributed by atoms with Crippen molar-refractivity contribution in [3.8, 4) is 0 Å². The number of hydrogen-bond acceptors (Lipinski definition) is 4. The Morgan fingerprint density at radius 1 is 1.44 bits per heavy atom. The number of carbonyl (C=O) groups is 1. The van der Waals surface area contributed by atoms with Gasteiger partial charge in [0.1, 0.15) is 0 Å². The maximum Gasteiger partial charge on any atom is 0.258 e. The Balaban J connectivity index is 2.64. The van der Waals surface area contributed by atoms with E-state index in [1.165, 1.54) is 12.3 Å². The molecule has 1 heterocycles. The van der Waals surface area contributed by atoms with Gasteiger partial charge in [0.05, 0.1) is 11.6 Å². The average molecular weight is 223 g/mol. The zero-order valence-electron chi connectivity index (χ0n) is 9.11. The Morgan fingerprint density at radius 2 is 2.19 bits per heavy atom. The van der Waals surface area contributed by atoms with Gasteiger partial charge in [0.2, 0.25) is 0 Å². The van der Waals surface area contributed by atoms with Gasteiger partial charge in [0, 0.05) is 6.20 Å². The van der Waals surface area contributed by atoms with Crippen LogP contribution in [0.4, 0.5) is 0 Å². The van der Waals surface area contributed by atoms with E-state index in [0.29, 0.717) is 13.0 Å². The molecule has 0 saturated heterocycles. The number of rotatable bonds is 6. The summed E-state index contributed by atoms with van der Waals surface area (Å²) in [5.41, 5.74) is 10.8. The van der Waals surface area contributed by atoms with Gasteiger partial charge >= 0.3 is 0 Å². The number of hydrogen-bond donors (Lipinski definition) is 3. The molecule has 1 rings (SSSR count). The van der Waals surface area contributed by atoms with Gasteiger partial charge in [-0.1, -0.05) is 6.42 Å². The van der Waals surface area contributed by atoms with Gasteiger partial charge in [-0.25, -0.2) is 0 Å². The van der Waals surface area contributed by atoms with E-state index in [4.69, 9.17) is 11.5 Å². The van der Waals surface area contributed by atoms with Crippen LogP contribution in [0.2, 0.25) is 0 Å². The minimum atomic E-state index is -0.616. The minimum absolute atomic E-state index is 0.128. The van der Waals surface area contributed by atoms with Gasteiger partial charge in [-0.05, 0) is 31.5 Å². The highest BCUT2D eigenvalue weighted by atomic mass is 16.1. The van der Waals surface area contributed by atoms with Crippen LogP contribution in [0.5, 0.6) is 0 Å². The SMILES string of the molecule is NCCCCC(N)C(=O)c1ccc[nH]c1=O. The first-order valence-corrected chi connectivity index (χ1v) is 5.34. The highest BCUT2D eigenvalue weighted by Crippen LogP contribution is 2.03. The summed E-state index contributed by atoms with van der Waals surface area (Å²) in [6.45, 7) is 0.590. The lowest BCUT2D eigenvalue weighted by atomic mass is 10.0. The van der Waals surface area contributed by atoms with Crippen molar-refractivity contribution < 1.29 is 4.79 Å². The van der Waals surface area contributed by atoms with Crippen molar-refractivity contribution in [3.05, 3.63) is 34.2 Å². The Kier molecular flexibility index (Phi) is 4.88. The van der Waals surface area contributed by atoms with Crippen molar-refractivity contribution in [1.82, 2.24) is 4.98 Å². The first-order valence-electron chi connectivity index (χ1n) is 5.34. The molecule has 0 aromatic carbocycles. The second-order valence-corrected chi connectivity index (χ2v) is 3.67. The maximum absolute atomic E-state index is 11.8. The Bertz CT molecular complexity index is 400. The van der Waals surface area contributed by atoms with Gasteiger partial charge in [0.25, 0.3) is 5.56 Å². The Labute approximate surface area is 93.8 Å². The normalized spacial score (nSPS) is 12.4. The van der Waals surface area contributed by atoms with Crippen LogP contribution in [-0.2, 0) is 0 Å². The number of aromatic nitrogens is 1. The zero-order chi connectivity index (χ0) is 12.0. The fourth-order valence-electron chi connectivity index (χ4n) is 1.46. The average Bonchev–Trinajstić information content (AvgIpc) is 2.29. The third kappa shape index (κ3) is 3.29. The predicted molar refractivity (Wildman–Crippen MR) is 62.3 cm³/mol. The van der Waals surface area contributed by atoms with E-state index in [1.807, 2.05) is 0 Å². The molecule has 0 fully saturated rings. The van der Waals surface area contributed by atoms with Gasteiger partial charge in [-0.3, -0.25) is 9.59 Å². The molecular weight excluding hydrogens is 206 g/mol. The van der Waals surface area contributed by atoms with Gasteiger partial charge < -0.3 is 16.5 Å². The van der Waals surface area contributed by atoms with Crippen molar-refractivity contribution in [2.24, 2.45) is 11.5 Å². The van der Waals surface area contributed by atoms with Crippen LogP contribution in [0.15, 0.2) is 23.1 Å². The lowest BCUT2D eigenvalue weighted by Gasteiger charge is -2.09. The number of nitrogens with two attached hydrogens (primary N) is 2.